The van der Waals surface area contributed by atoms with Gasteiger partial charge in [0.25, 0.3) is 0 Å². The molecule has 0 unspecified atom stereocenters. The van der Waals surface area contributed by atoms with Gasteiger partial charge in [-0.05, 0) is 12.1 Å². The lowest BCUT2D eigenvalue weighted by atomic mass is 10.6. The minimum absolute atomic E-state index is 0.804. The molecule has 0 atom stereocenters. The fourth-order valence-corrected chi connectivity index (χ4v) is 2.43. The first kappa shape index (κ1) is 11.3. The lowest BCUT2D eigenvalue weighted by molar-refractivity contribution is 1.60. The molecule has 0 bridgehead atoms. The predicted molar refractivity (Wildman–Crippen MR) is 56.5 cm³/mol. The highest BCUT2D eigenvalue weighted by Gasteiger charge is 1.98. The molecule has 10 heavy (non-hydrogen) atoms. The van der Waals surface area contributed by atoms with Crippen molar-refractivity contribution < 1.29 is 0 Å². The van der Waals surface area contributed by atoms with Crippen molar-refractivity contribution in [1.29, 1.82) is 0 Å². The molecular weight excluding hydrogens is 246 g/mol. The van der Waals surface area contributed by atoms with Gasteiger partial charge in [0.15, 0.2) is 0 Å². The summed E-state index contributed by atoms with van der Waals surface area (Å²) in [5, 5.41) is 0. The molecule has 0 aliphatic rings. The topological polar surface area (TPSA) is 0 Å². The van der Waals surface area contributed by atoms with Crippen LogP contribution < -0.4 is 0 Å². The molecule has 60 valence electrons. The third-order valence-electron chi connectivity index (χ3n) is 0.795. The first-order chi connectivity index (χ1) is 4.63. The van der Waals surface area contributed by atoms with Crippen molar-refractivity contribution in [3.8, 4) is 0 Å². The van der Waals surface area contributed by atoms with Crippen LogP contribution in [0, 0.1) is 0 Å². The molecule has 0 aliphatic carbocycles. The minimum Gasteiger partial charge on any atom is -0.150 e. The minimum atomic E-state index is -1.45. The van der Waals surface area contributed by atoms with Crippen molar-refractivity contribution in [3.63, 3.8) is 0 Å². The van der Waals surface area contributed by atoms with Crippen LogP contribution in [0.3, 0.4) is 0 Å². The van der Waals surface area contributed by atoms with E-state index in [4.69, 9.17) is 44.3 Å². The van der Waals surface area contributed by atoms with Crippen LogP contribution in [-0.4, -0.2) is 14.8 Å². The maximum Gasteiger partial charge on any atom is 0.240 e. The standard InChI is InChI=1S/C4H8Cl4Si2/c5-9(6)3-1-2-4-10(7)8/h1-2,9-10H,3-4H2. The summed E-state index contributed by atoms with van der Waals surface area (Å²) in [5.74, 6) is 0. The molecule has 0 rings (SSSR count). The zero-order valence-corrected chi connectivity index (χ0v) is 10.6. The van der Waals surface area contributed by atoms with Crippen molar-refractivity contribution >= 4 is 59.1 Å². The van der Waals surface area contributed by atoms with Crippen LogP contribution >= 0.6 is 44.3 Å². The molecule has 0 N–H and O–H groups in total. The molecule has 0 spiro atoms. The average Bonchev–Trinajstić information content (AvgIpc) is 1.79. The first-order valence-corrected chi connectivity index (χ1v) is 11.5. The van der Waals surface area contributed by atoms with Crippen LogP contribution in [0.1, 0.15) is 0 Å². The van der Waals surface area contributed by atoms with E-state index in [-0.39, 0.29) is 0 Å². The van der Waals surface area contributed by atoms with Crippen LogP contribution in [0.5, 0.6) is 0 Å². The third kappa shape index (κ3) is 9.33. The van der Waals surface area contributed by atoms with Crippen LogP contribution in [0.15, 0.2) is 12.2 Å². The van der Waals surface area contributed by atoms with E-state index in [0.717, 1.165) is 12.1 Å². The Kier molecular flexibility index (Phi) is 7.94. The largest absolute Gasteiger partial charge is 0.240 e. The Balaban J connectivity index is 3.20. The van der Waals surface area contributed by atoms with Crippen molar-refractivity contribution in [2.24, 2.45) is 0 Å². The molecule has 0 aliphatic heterocycles. The fraction of sp³-hybridized carbons (Fsp3) is 0.500. The van der Waals surface area contributed by atoms with E-state index >= 15 is 0 Å². The van der Waals surface area contributed by atoms with E-state index in [0.29, 0.717) is 0 Å². The van der Waals surface area contributed by atoms with Crippen LogP contribution in [0.2, 0.25) is 12.1 Å². The van der Waals surface area contributed by atoms with Gasteiger partial charge in [-0.1, -0.05) is 12.2 Å². The van der Waals surface area contributed by atoms with Gasteiger partial charge in [-0.3, -0.25) is 0 Å². The molecule has 0 aromatic heterocycles. The van der Waals surface area contributed by atoms with Crippen molar-refractivity contribution in [3.05, 3.63) is 12.2 Å². The van der Waals surface area contributed by atoms with E-state index in [1.807, 2.05) is 12.2 Å². The summed E-state index contributed by atoms with van der Waals surface area (Å²) in [4.78, 5) is 0. The molecular formula is C4H8Cl4Si2. The lowest BCUT2D eigenvalue weighted by Gasteiger charge is -1.91. The molecule has 0 saturated heterocycles. The maximum atomic E-state index is 5.59. The molecule has 0 saturated carbocycles. The van der Waals surface area contributed by atoms with E-state index in [2.05, 4.69) is 0 Å². The van der Waals surface area contributed by atoms with Crippen LogP contribution in [0.4, 0.5) is 0 Å². The normalized spacial score (nSPS) is 12.2. The summed E-state index contributed by atoms with van der Waals surface area (Å²) >= 11 is 22.4. The number of hydrogen-bond donors (Lipinski definition) is 0. The summed E-state index contributed by atoms with van der Waals surface area (Å²) in [6.45, 7) is 0. The summed E-state index contributed by atoms with van der Waals surface area (Å²) in [6.07, 6.45) is 3.92. The lowest BCUT2D eigenvalue weighted by Crippen LogP contribution is -1.89. The Morgan fingerprint density at radius 2 is 1.10 bits per heavy atom. The van der Waals surface area contributed by atoms with Gasteiger partial charge in [-0.15, -0.1) is 0 Å². The highest BCUT2D eigenvalue weighted by molar-refractivity contribution is 7.34. The van der Waals surface area contributed by atoms with Crippen molar-refractivity contribution in [2.75, 3.05) is 0 Å². The van der Waals surface area contributed by atoms with Crippen LogP contribution in [-0.2, 0) is 0 Å². The molecule has 0 aromatic carbocycles. The monoisotopic (exact) mass is 252 g/mol. The fourth-order valence-electron chi connectivity index (χ4n) is 0.398. The highest BCUT2D eigenvalue weighted by atomic mass is 35.7. The molecule has 0 aromatic rings. The SMILES string of the molecule is Cl[SiH](Cl)CC=CC[SiH](Cl)Cl. The van der Waals surface area contributed by atoms with Crippen molar-refractivity contribution in [2.45, 2.75) is 12.1 Å². The molecule has 0 amide bonds. The van der Waals surface area contributed by atoms with E-state index in [1.54, 1.807) is 0 Å². The van der Waals surface area contributed by atoms with E-state index in [1.165, 1.54) is 0 Å². The molecule has 6 heteroatoms. The molecule has 0 heterocycles. The summed E-state index contributed by atoms with van der Waals surface area (Å²) in [7, 11) is -2.89. The zero-order valence-electron chi connectivity index (χ0n) is 5.24. The van der Waals surface area contributed by atoms with Gasteiger partial charge in [-0.2, -0.15) is 44.3 Å². The van der Waals surface area contributed by atoms with Gasteiger partial charge in [0, 0.05) is 0 Å². The van der Waals surface area contributed by atoms with Gasteiger partial charge < -0.3 is 0 Å². The molecule has 0 radical (unpaired) electrons. The number of allylic oxidation sites excluding steroid dienone is 2. The number of halogens is 4. The predicted octanol–water partition coefficient (Wildman–Crippen LogP) is 2.94. The van der Waals surface area contributed by atoms with E-state index < -0.39 is 14.8 Å². The van der Waals surface area contributed by atoms with Gasteiger partial charge in [-0.25, -0.2) is 0 Å². The zero-order chi connectivity index (χ0) is 7.98. The Hall–Kier alpha value is 1.33. The Morgan fingerprint density at radius 3 is 1.30 bits per heavy atom. The van der Waals surface area contributed by atoms with Crippen LogP contribution in [0.25, 0.3) is 0 Å². The quantitative estimate of drug-likeness (QED) is 0.411. The first-order valence-electron chi connectivity index (χ1n) is 2.84. The summed E-state index contributed by atoms with van der Waals surface area (Å²) in [5.41, 5.74) is 0. The van der Waals surface area contributed by atoms with E-state index in [9.17, 15) is 0 Å². The summed E-state index contributed by atoms with van der Waals surface area (Å²) < 4.78 is 0. The van der Waals surface area contributed by atoms with Gasteiger partial charge in [0.2, 0.25) is 14.8 Å². The highest BCUT2D eigenvalue weighted by Crippen LogP contribution is 2.07. The maximum absolute atomic E-state index is 5.59. The molecule has 0 fully saturated rings. The summed E-state index contributed by atoms with van der Waals surface area (Å²) in [6, 6.07) is 1.61. The average molecular weight is 254 g/mol. The van der Waals surface area contributed by atoms with Gasteiger partial charge in [0.1, 0.15) is 0 Å². The van der Waals surface area contributed by atoms with Crippen molar-refractivity contribution in [1.82, 2.24) is 0 Å². The smallest absolute Gasteiger partial charge is 0.150 e. The Labute approximate surface area is 83.1 Å². The van der Waals surface area contributed by atoms with Gasteiger partial charge >= 0.3 is 0 Å². The number of hydrogen-bond acceptors (Lipinski definition) is 0. The second kappa shape index (κ2) is 7.01. The second-order valence-electron chi connectivity index (χ2n) is 1.72. The molecule has 0 nitrogen and oxygen atoms in total. The Morgan fingerprint density at radius 1 is 0.800 bits per heavy atom. The van der Waals surface area contributed by atoms with Gasteiger partial charge in [0.05, 0.1) is 0 Å². The second-order valence-corrected chi connectivity index (χ2v) is 11.9. The number of rotatable bonds is 4. The Bertz CT molecular complexity index is 91.4. The third-order valence-corrected chi connectivity index (χ3v) is 4.19.